The van der Waals surface area contributed by atoms with Crippen LogP contribution in [0.15, 0.2) is 24.3 Å². The Morgan fingerprint density at radius 3 is 2.52 bits per heavy atom. The molecule has 0 saturated heterocycles. The minimum atomic E-state index is -4.78. The first-order chi connectivity index (χ1) is 11.7. The largest absolute Gasteiger partial charge is 0.573 e. The highest BCUT2D eigenvalue weighted by atomic mass is 19.4. The van der Waals surface area contributed by atoms with E-state index < -0.39 is 24.2 Å². The summed E-state index contributed by atoms with van der Waals surface area (Å²) in [6.45, 7) is 0. The second kappa shape index (κ2) is 6.57. The van der Waals surface area contributed by atoms with Gasteiger partial charge in [-0.25, -0.2) is 0 Å². The molecule has 1 aromatic carbocycles. The van der Waals surface area contributed by atoms with Crippen molar-refractivity contribution in [3.8, 4) is 5.75 Å². The summed E-state index contributed by atoms with van der Waals surface area (Å²) in [7, 11) is 0. The van der Waals surface area contributed by atoms with Crippen molar-refractivity contribution in [1.82, 2.24) is 5.32 Å². The number of carbonyl (C=O) groups excluding carboxylic acids is 1. The molecule has 2 aliphatic rings. The SMILES string of the molecule is O=C(N[C@H]1CC[C@@H](C(=O)O)C1)C1CC1c1ccccc1OC(F)(F)F. The van der Waals surface area contributed by atoms with Gasteiger partial charge in [-0.2, -0.15) is 0 Å². The molecule has 0 heterocycles. The molecule has 1 amide bonds. The molecule has 1 aromatic rings. The van der Waals surface area contributed by atoms with Gasteiger partial charge in [-0.3, -0.25) is 9.59 Å². The summed E-state index contributed by atoms with van der Waals surface area (Å²) < 4.78 is 41.5. The van der Waals surface area contributed by atoms with Gasteiger partial charge in [0.2, 0.25) is 5.91 Å². The second-order valence-electron chi connectivity index (χ2n) is 6.59. The topological polar surface area (TPSA) is 75.6 Å². The van der Waals surface area contributed by atoms with E-state index in [0.717, 1.165) is 0 Å². The number of carboxylic acids is 1. The molecule has 8 heteroatoms. The van der Waals surface area contributed by atoms with Crippen molar-refractivity contribution in [1.29, 1.82) is 0 Å². The number of para-hydroxylation sites is 1. The fourth-order valence-electron chi connectivity index (χ4n) is 3.48. The molecule has 0 radical (unpaired) electrons. The van der Waals surface area contributed by atoms with Gasteiger partial charge in [-0.15, -0.1) is 13.2 Å². The van der Waals surface area contributed by atoms with Crippen molar-refractivity contribution >= 4 is 11.9 Å². The van der Waals surface area contributed by atoms with E-state index in [1.807, 2.05) is 0 Å². The van der Waals surface area contributed by atoms with Crippen LogP contribution in [0.3, 0.4) is 0 Å². The predicted octanol–water partition coefficient (Wildman–Crippen LogP) is 3.06. The third-order valence-electron chi connectivity index (χ3n) is 4.80. The summed E-state index contributed by atoms with van der Waals surface area (Å²) in [5, 5.41) is 11.8. The van der Waals surface area contributed by atoms with Crippen LogP contribution in [0.25, 0.3) is 0 Å². The van der Waals surface area contributed by atoms with Gasteiger partial charge in [-0.1, -0.05) is 18.2 Å². The number of amides is 1. The second-order valence-corrected chi connectivity index (χ2v) is 6.59. The van der Waals surface area contributed by atoms with Crippen LogP contribution < -0.4 is 10.1 Å². The van der Waals surface area contributed by atoms with Crippen molar-refractivity contribution in [2.24, 2.45) is 11.8 Å². The molecule has 0 spiro atoms. The third-order valence-corrected chi connectivity index (χ3v) is 4.80. The molecule has 2 fully saturated rings. The lowest BCUT2D eigenvalue weighted by Crippen LogP contribution is -2.34. The summed E-state index contributed by atoms with van der Waals surface area (Å²) in [6, 6.07) is 5.66. The summed E-state index contributed by atoms with van der Waals surface area (Å²) in [6.07, 6.45) is -2.80. The maximum atomic E-state index is 12.5. The van der Waals surface area contributed by atoms with Crippen LogP contribution in [0.2, 0.25) is 0 Å². The fourth-order valence-corrected chi connectivity index (χ4v) is 3.48. The Morgan fingerprint density at radius 1 is 1.16 bits per heavy atom. The molecule has 0 aromatic heterocycles. The van der Waals surface area contributed by atoms with Crippen LogP contribution in [0.4, 0.5) is 13.2 Å². The zero-order chi connectivity index (χ0) is 18.2. The molecule has 2 unspecified atom stereocenters. The molecule has 4 atom stereocenters. The molecule has 2 N–H and O–H groups in total. The first-order valence-electron chi connectivity index (χ1n) is 8.12. The number of benzene rings is 1. The Labute approximate surface area is 142 Å². The molecule has 2 aliphatic carbocycles. The van der Waals surface area contributed by atoms with Crippen molar-refractivity contribution in [3.05, 3.63) is 29.8 Å². The van der Waals surface area contributed by atoms with E-state index in [9.17, 15) is 22.8 Å². The quantitative estimate of drug-likeness (QED) is 0.849. The van der Waals surface area contributed by atoms with E-state index in [-0.39, 0.29) is 23.6 Å². The third kappa shape index (κ3) is 4.24. The lowest BCUT2D eigenvalue weighted by Gasteiger charge is -2.14. The molecule has 0 aliphatic heterocycles. The zero-order valence-corrected chi connectivity index (χ0v) is 13.3. The standard InChI is InChI=1S/C17H18F3NO4/c18-17(19,20)25-14-4-2-1-3-11(14)12-8-13(12)15(22)21-10-6-5-9(7-10)16(23)24/h1-4,9-10,12-13H,5-8H2,(H,21,22)(H,23,24)/t9-,10+,12?,13?/m1/s1. The van der Waals surface area contributed by atoms with Gasteiger partial charge in [0, 0.05) is 12.0 Å². The summed E-state index contributed by atoms with van der Waals surface area (Å²) in [5.41, 5.74) is 0.370. The number of alkyl halides is 3. The number of carboxylic acid groups (broad SMARTS) is 1. The highest BCUT2D eigenvalue weighted by molar-refractivity contribution is 5.83. The summed E-state index contributed by atoms with van der Waals surface area (Å²) in [4.78, 5) is 23.2. The number of aliphatic carboxylic acids is 1. The molecular weight excluding hydrogens is 339 g/mol. The van der Waals surface area contributed by atoms with Crippen molar-refractivity contribution in [2.75, 3.05) is 0 Å². The lowest BCUT2D eigenvalue weighted by atomic mass is 10.1. The Bertz CT molecular complexity index is 676. The van der Waals surface area contributed by atoms with E-state index >= 15 is 0 Å². The van der Waals surface area contributed by atoms with Crippen LogP contribution in [0.1, 0.15) is 37.2 Å². The average molecular weight is 357 g/mol. The van der Waals surface area contributed by atoms with Crippen LogP contribution >= 0.6 is 0 Å². The van der Waals surface area contributed by atoms with E-state index in [1.54, 1.807) is 6.07 Å². The van der Waals surface area contributed by atoms with Gasteiger partial charge in [0.1, 0.15) is 5.75 Å². The van der Waals surface area contributed by atoms with Gasteiger partial charge < -0.3 is 15.2 Å². The Hall–Kier alpha value is -2.25. The van der Waals surface area contributed by atoms with E-state index in [1.165, 1.54) is 18.2 Å². The highest BCUT2D eigenvalue weighted by Crippen LogP contribution is 2.51. The van der Waals surface area contributed by atoms with Gasteiger partial charge in [0.25, 0.3) is 0 Å². The highest BCUT2D eigenvalue weighted by Gasteiger charge is 2.47. The molecule has 2 saturated carbocycles. The normalized spacial score (nSPS) is 28.4. The van der Waals surface area contributed by atoms with Gasteiger partial charge in [0.05, 0.1) is 5.92 Å². The van der Waals surface area contributed by atoms with Crippen molar-refractivity contribution in [3.63, 3.8) is 0 Å². The number of halogens is 3. The Morgan fingerprint density at radius 2 is 1.88 bits per heavy atom. The number of hydrogen-bond acceptors (Lipinski definition) is 3. The molecule has 5 nitrogen and oxygen atoms in total. The fraction of sp³-hybridized carbons (Fsp3) is 0.529. The first-order valence-corrected chi connectivity index (χ1v) is 8.12. The first kappa shape index (κ1) is 17.6. The van der Waals surface area contributed by atoms with E-state index in [2.05, 4.69) is 10.1 Å². The predicted molar refractivity (Wildman–Crippen MR) is 80.9 cm³/mol. The summed E-state index contributed by atoms with van der Waals surface area (Å²) in [5.74, 6) is -2.53. The van der Waals surface area contributed by atoms with Gasteiger partial charge in [-0.05, 0) is 43.2 Å². The maximum absolute atomic E-state index is 12.5. The number of ether oxygens (including phenoxy) is 1. The van der Waals surface area contributed by atoms with Crippen LogP contribution in [-0.4, -0.2) is 29.4 Å². The van der Waals surface area contributed by atoms with Crippen LogP contribution in [0, 0.1) is 11.8 Å². The van der Waals surface area contributed by atoms with Crippen molar-refractivity contribution in [2.45, 2.75) is 44.0 Å². The van der Waals surface area contributed by atoms with E-state index in [4.69, 9.17) is 5.11 Å². The lowest BCUT2D eigenvalue weighted by molar-refractivity contribution is -0.274. The zero-order valence-electron chi connectivity index (χ0n) is 13.3. The smallest absolute Gasteiger partial charge is 0.481 e. The molecular formula is C17H18F3NO4. The van der Waals surface area contributed by atoms with Crippen molar-refractivity contribution < 1.29 is 32.6 Å². The maximum Gasteiger partial charge on any atom is 0.573 e. The minimum absolute atomic E-state index is 0.184. The Kier molecular flexibility index (Phi) is 4.62. The number of hydrogen-bond donors (Lipinski definition) is 2. The minimum Gasteiger partial charge on any atom is -0.481 e. The average Bonchev–Trinajstić information content (AvgIpc) is 3.17. The van der Waals surface area contributed by atoms with Gasteiger partial charge >= 0.3 is 12.3 Å². The number of carbonyl (C=O) groups is 2. The molecule has 25 heavy (non-hydrogen) atoms. The number of nitrogens with one attached hydrogen (secondary N) is 1. The number of rotatable bonds is 5. The Balaban J connectivity index is 1.60. The van der Waals surface area contributed by atoms with Gasteiger partial charge in [0.15, 0.2) is 0 Å². The molecule has 3 rings (SSSR count). The molecule has 136 valence electrons. The molecule has 0 bridgehead atoms. The van der Waals surface area contributed by atoms with Crippen LogP contribution in [-0.2, 0) is 9.59 Å². The van der Waals surface area contributed by atoms with Crippen LogP contribution in [0.5, 0.6) is 5.75 Å². The monoisotopic (exact) mass is 357 g/mol. The van der Waals surface area contributed by atoms with E-state index in [0.29, 0.717) is 31.2 Å². The summed E-state index contributed by atoms with van der Waals surface area (Å²) >= 11 is 0.